The minimum Gasteiger partial charge on any atom is -0.465 e. The third-order valence-electron chi connectivity index (χ3n) is 5.93. The molecule has 1 N–H and O–H groups in total. The van der Waals surface area contributed by atoms with Crippen LogP contribution in [0.3, 0.4) is 0 Å². The smallest absolute Gasteiger partial charge is 0.339 e. The van der Waals surface area contributed by atoms with Crippen molar-refractivity contribution in [2.24, 2.45) is 5.92 Å². The molecule has 182 valence electrons. The molecular weight excluding hydrogens is 455 g/mol. The van der Waals surface area contributed by atoms with E-state index in [-0.39, 0.29) is 28.8 Å². The van der Waals surface area contributed by atoms with Crippen LogP contribution in [0.5, 0.6) is 11.5 Å². The lowest BCUT2D eigenvalue weighted by Gasteiger charge is -2.21. The molecule has 10 heteroatoms. The number of ether oxygens (including phenoxy) is 2. The van der Waals surface area contributed by atoms with Crippen molar-refractivity contribution >= 4 is 17.7 Å². The molecule has 0 aliphatic heterocycles. The minimum atomic E-state index is -0.879. The van der Waals surface area contributed by atoms with Gasteiger partial charge >= 0.3 is 5.97 Å². The molecule has 1 aromatic carbocycles. The van der Waals surface area contributed by atoms with Crippen LogP contribution < -0.4 is 15.6 Å². The summed E-state index contributed by atoms with van der Waals surface area (Å²) in [6.07, 6.45) is 7.12. The van der Waals surface area contributed by atoms with E-state index in [1.807, 2.05) is 0 Å². The summed E-state index contributed by atoms with van der Waals surface area (Å²) in [5, 5.41) is 6.88. The summed E-state index contributed by atoms with van der Waals surface area (Å²) in [5.74, 6) is -1.02. The van der Waals surface area contributed by atoms with Crippen LogP contribution >= 0.6 is 0 Å². The highest BCUT2D eigenvalue weighted by molar-refractivity contribution is 5.93. The average Bonchev–Trinajstić information content (AvgIpc) is 3.38. The topological polar surface area (TPSA) is 112 Å². The van der Waals surface area contributed by atoms with E-state index in [1.165, 1.54) is 55.9 Å². The zero-order valence-corrected chi connectivity index (χ0v) is 19.1. The SMILES string of the molecule is COC(=O)c1ccc(NC(=O)C(CC2CCCC2)n2ncc(Oc3ccccc3F)cc2=O)nc1. The molecular formula is C25H25FN4O5. The number of benzene rings is 1. The van der Waals surface area contributed by atoms with Crippen molar-refractivity contribution in [3.63, 3.8) is 0 Å². The first-order valence-corrected chi connectivity index (χ1v) is 11.3. The molecule has 1 saturated carbocycles. The Kier molecular flexibility index (Phi) is 7.49. The van der Waals surface area contributed by atoms with Gasteiger partial charge in [-0.15, -0.1) is 0 Å². The third kappa shape index (κ3) is 5.89. The van der Waals surface area contributed by atoms with Gasteiger partial charge in [0.05, 0.1) is 18.9 Å². The Bertz CT molecular complexity index is 1260. The quantitative estimate of drug-likeness (QED) is 0.483. The van der Waals surface area contributed by atoms with E-state index in [2.05, 4.69) is 20.1 Å². The summed E-state index contributed by atoms with van der Waals surface area (Å²) in [7, 11) is 1.27. The third-order valence-corrected chi connectivity index (χ3v) is 5.93. The normalized spacial score (nSPS) is 14.3. The number of pyridine rings is 1. The van der Waals surface area contributed by atoms with Crippen LogP contribution in [-0.2, 0) is 9.53 Å². The minimum absolute atomic E-state index is 0.0341. The van der Waals surface area contributed by atoms with Crippen LogP contribution in [0.2, 0.25) is 0 Å². The van der Waals surface area contributed by atoms with Gasteiger partial charge in [0.15, 0.2) is 17.3 Å². The first-order chi connectivity index (χ1) is 16.9. The number of para-hydroxylation sites is 1. The van der Waals surface area contributed by atoms with Gasteiger partial charge in [-0.2, -0.15) is 5.10 Å². The number of aromatic nitrogens is 3. The summed E-state index contributed by atoms with van der Waals surface area (Å²) in [4.78, 5) is 41.8. The Labute approximate surface area is 200 Å². The standard InChI is InChI=1S/C25H25FN4O5/c1-34-25(33)17-10-11-22(27-14-17)29-24(32)20(12-16-6-2-3-7-16)30-23(31)13-18(15-28-30)35-21-9-5-4-8-19(21)26/h4-5,8-11,13-16,20H,2-3,6-7,12H2,1H3,(H,27,29,32). The average molecular weight is 480 g/mol. The lowest BCUT2D eigenvalue weighted by atomic mass is 9.98. The molecule has 1 aliphatic carbocycles. The van der Waals surface area contributed by atoms with Crippen molar-refractivity contribution in [2.45, 2.75) is 38.1 Å². The van der Waals surface area contributed by atoms with Gasteiger partial charge in [-0.1, -0.05) is 37.8 Å². The van der Waals surface area contributed by atoms with Gasteiger partial charge < -0.3 is 14.8 Å². The second kappa shape index (κ2) is 10.9. The van der Waals surface area contributed by atoms with Crippen LogP contribution in [-0.4, -0.2) is 33.8 Å². The van der Waals surface area contributed by atoms with Gasteiger partial charge in [-0.05, 0) is 36.6 Å². The molecule has 0 spiro atoms. The zero-order valence-electron chi connectivity index (χ0n) is 19.1. The zero-order chi connectivity index (χ0) is 24.8. The van der Waals surface area contributed by atoms with E-state index >= 15 is 0 Å². The number of halogens is 1. The van der Waals surface area contributed by atoms with Gasteiger partial charge in [-0.25, -0.2) is 18.9 Å². The largest absolute Gasteiger partial charge is 0.465 e. The second-order valence-corrected chi connectivity index (χ2v) is 8.32. The predicted octanol–water partition coefficient (Wildman–Crippen LogP) is 4.12. The van der Waals surface area contributed by atoms with Gasteiger partial charge in [0.25, 0.3) is 11.5 Å². The number of esters is 1. The summed E-state index contributed by atoms with van der Waals surface area (Å²) < 4.78 is 25.1. The number of rotatable bonds is 8. The van der Waals surface area contributed by atoms with Crippen molar-refractivity contribution < 1.29 is 23.5 Å². The first-order valence-electron chi connectivity index (χ1n) is 11.3. The second-order valence-electron chi connectivity index (χ2n) is 8.32. The van der Waals surface area contributed by atoms with Gasteiger partial charge in [0.1, 0.15) is 11.9 Å². The molecule has 1 fully saturated rings. The number of hydrogen-bond donors (Lipinski definition) is 1. The summed E-state index contributed by atoms with van der Waals surface area (Å²) in [6, 6.07) is 9.10. The van der Waals surface area contributed by atoms with Crippen LogP contribution in [0.1, 0.15) is 48.5 Å². The molecule has 1 aliphatic rings. The highest BCUT2D eigenvalue weighted by atomic mass is 19.1. The van der Waals surface area contributed by atoms with E-state index < -0.39 is 29.3 Å². The molecule has 1 atom stereocenters. The molecule has 1 unspecified atom stereocenters. The van der Waals surface area contributed by atoms with Crippen molar-refractivity contribution in [2.75, 3.05) is 12.4 Å². The predicted molar refractivity (Wildman–Crippen MR) is 125 cm³/mol. The van der Waals surface area contributed by atoms with Crippen molar-refractivity contribution in [3.8, 4) is 11.5 Å². The first kappa shape index (κ1) is 24.1. The number of anilines is 1. The number of carbonyl (C=O) groups is 2. The Balaban J connectivity index is 1.56. The molecule has 0 saturated heterocycles. The molecule has 1 amide bonds. The number of nitrogens with one attached hydrogen (secondary N) is 1. The van der Waals surface area contributed by atoms with Crippen LogP contribution in [0.25, 0.3) is 0 Å². The highest BCUT2D eigenvalue weighted by Gasteiger charge is 2.29. The molecule has 2 heterocycles. The molecule has 0 bridgehead atoms. The van der Waals surface area contributed by atoms with Crippen molar-refractivity contribution in [3.05, 3.63) is 76.6 Å². The number of nitrogens with zero attached hydrogens (tertiary/aromatic N) is 3. The Hall–Kier alpha value is -4.08. The van der Waals surface area contributed by atoms with Gasteiger partial charge in [-0.3, -0.25) is 9.59 Å². The molecule has 9 nitrogen and oxygen atoms in total. The molecule has 35 heavy (non-hydrogen) atoms. The number of methoxy groups -OCH3 is 1. The lowest BCUT2D eigenvalue weighted by molar-refractivity contribution is -0.120. The lowest BCUT2D eigenvalue weighted by Crippen LogP contribution is -2.36. The number of amides is 1. The fourth-order valence-electron chi connectivity index (χ4n) is 4.14. The van der Waals surface area contributed by atoms with Crippen LogP contribution in [0.15, 0.2) is 59.7 Å². The maximum Gasteiger partial charge on any atom is 0.339 e. The van der Waals surface area contributed by atoms with E-state index in [0.717, 1.165) is 30.4 Å². The van der Waals surface area contributed by atoms with Crippen LogP contribution in [0, 0.1) is 11.7 Å². The van der Waals surface area contributed by atoms with Crippen molar-refractivity contribution in [1.82, 2.24) is 14.8 Å². The summed E-state index contributed by atoms with van der Waals surface area (Å²) in [6.45, 7) is 0. The summed E-state index contributed by atoms with van der Waals surface area (Å²) >= 11 is 0. The van der Waals surface area contributed by atoms with Gasteiger partial charge in [0.2, 0.25) is 0 Å². The fraction of sp³-hybridized carbons (Fsp3) is 0.320. The van der Waals surface area contributed by atoms with Crippen molar-refractivity contribution in [1.29, 1.82) is 0 Å². The molecule has 2 aromatic heterocycles. The van der Waals surface area contributed by atoms with E-state index in [4.69, 9.17) is 4.74 Å². The van der Waals surface area contributed by atoms with Crippen LogP contribution in [0.4, 0.5) is 10.2 Å². The fourth-order valence-corrected chi connectivity index (χ4v) is 4.14. The molecule has 0 radical (unpaired) electrons. The maximum atomic E-state index is 13.9. The maximum absolute atomic E-state index is 13.9. The highest BCUT2D eigenvalue weighted by Crippen LogP contribution is 2.32. The Morgan fingerprint density at radius 3 is 2.60 bits per heavy atom. The number of carbonyl (C=O) groups excluding carboxylic acids is 2. The Morgan fingerprint density at radius 2 is 1.94 bits per heavy atom. The molecule has 3 aromatic rings. The summed E-state index contributed by atoms with van der Waals surface area (Å²) in [5.41, 5.74) is -0.303. The molecule has 4 rings (SSSR count). The monoisotopic (exact) mass is 480 g/mol. The Morgan fingerprint density at radius 1 is 1.17 bits per heavy atom. The number of hydrogen-bond acceptors (Lipinski definition) is 7. The van der Waals surface area contributed by atoms with Gasteiger partial charge in [0, 0.05) is 12.3 Å². The van der Waals surface area contributed by atoms with E-state index in [9.17, 15) is 18.8 Å². The van der Waals surface area contributed by atoms with E-state index in [1.54, 1.807) is 6.07 Å². The van der Waals surface area contributed by atoms with E-state index in [0.29, 0.717) is 6.42 Å².